The minimum atomic E-state index is -4.48. The summed E-state index contributed by atoms with van der Waals surface area (Å²) >= 11 is 0. The van der Waals surface area contributed by atoms with Crippen LogP contribution in [0.25, 0.3) is 16.5 Å². The number of benzene rings is 1. The summed E-state index contributed by atoms with van der Waals surface area (Å²) in [5.41, 5.74) is 0.491. The third-order valence-electron chi connectivity index (χ3n) is 6.22. The molecule has 0 unspecified atom stereocenters. The van der Waals surface area contributed by atoms with Gasteiger partial charge in [0.25, 0.3) is 0 Å². The highest BCUT2D eigenvalue weighted by Crippen LogP contribution is 2.40. The van der Waals surface area contributed by atoms with E-state index in [1.807, 2.05) is 0 Å². The van der Waals surface area contributed by atoms with Crippen LogP contribution < -0.4 is 5.32 Å². The zero-order valence-electron chi connectivity index (χ0n) is 17.7. The van der Waals surface area contributed by atoms with Gasteiger partial charge < -0.3 is 5.32 Å². The van der Waals surface area contributed by atoms with Gasteiger partial charge in [-0.05, 0) is 43.9 Å². The summed E-state index contributed by atoms with van der Waals surface area (Å²) in [7, 11) is 0. The van der Waals surface area contributed by atoms with Gasteiger partial charge in [0.1, 0.15) is 11.5 Å². The fourth-order valence-corrected chi connectivity index (χ4v) is 4.55. The van der Waals surface area contributed by atoms with E-state index in [0.717, 1.165) is 32.1 Å². The van der Waals surface area contributed by atoms with Gasteiger partial charge in [0.05, 0.1) is 5.52 Å². The fraction of sp³-hybridized carbons (Fsp3) is 0.391. The number of halogens is 4. The number of hydrogen-bond donors (Lipinski definition) is 2. The van der Waals surface area contributed by atoms with Crippen LogP contribution in [0.1, 0.15) is 62.4 Å². The number of aromatic amines is 1. The lowest BCUT2D eigenvalue weighted by atomic mass is 9.87. The lowest BCUT2D eigenvalue weighted by Gasteiger charge is -2.23. The maximum Gasteiger partial charge on any atom is 0.413 e. The Morgan fingerprint density at radius 2 is 1.85 bits per heavy atom. The normalized spacial score (nSPS) is 17.7. The van der Waals surface area contributed by atoms with Crippen molar-refractivity contribution in [1.82, 2.24) is 25.4 Å². The van der Waals surface area contributed by atoms with Gasteiger partial charge in [-0.25, -0.2) is 9.37 Å². The molecular weight excluding hydrogens is 436 g/mol. The average molecular weight is 458 g/mol. The quantitative estimate of drug-likeness (QED) is 0.446. The van der Waals surface area contributed by atoms with E-state index in [9.17, 15) is 17.6 Å². The molecule has 1 aromatic carbocycles. The second-order valence-corrected chi connectivity index (χ2v) is 8.42. The number of hydrogen-bond acceptors (Lipinski definition) is 5. The van der Waals surface area contributed by atoms with E-state index >= 15 is 0 Å². The Bertz CT molecular complexity index is 1240. The molecule has 0 atom stereocenters. The topological polar surface area (TPSA) is 79.4 Å². The van der Waals surface area contributed by atoms with E-state index < -0.39 is 17.6 Å². The monoisotopic (exact) mass is 458 g/mol. The Balaban J connectivity index is 1.61. The first-order valence-electron chi connectivity index (χ1n) is 11.0. The summed E-state index contributed by atoms with van der Waals surface area (Å²) in [5, 5.41) is 19.1. The fourth-order valence-electron chi connectivity index (χ4n) is 4.55. The molecule has 0 spiro atoms. The number of anilines is 2. The molecule has 2 aliphatic rings. The molecule has 2 aliphatic carbocycles. The molecule has 2 aromatic heterocycles. The Labute approximate surface area is 187 Å². The van der Waals surface area contributed by atoms with Crippen LogP contribution in [0, 0.1) is 5.82 Å². The lowest BCUT2D eigenvalue weighted by Crippen LogP contribution is -2.18. The van der Waals surface area contributed by atoms with E-state index in [1.165, 1.54) is 18.2 Å². The van der Waals surface area contributed by atoms with Gasteiger partial charge in [0.2, 0.25) is 0 Å². The van der Waals surface area contributed by atoms with Crippen LogP contribution in [0.15, 0.2) is 35.9 Å². The summed E-state index contributed by atoms with van der Waals surface area (Å²) < 4.78 is 54.7. The number of fused-ring (bicyclic) bond motifs is 1. The van der Waals surface area contributed by atoms with Crippen molar-refractivity contribution in [3.05, 3.63) is 53.3 Å². The summed E-state index contributed by atoms with van der Waals surface area (Å²) in [6.45, 7) is 0. The standard InChI is InChI=1S/C23H22F4N6/c24-14-10-11-18-16(12-14)21(32-30-18)29-22-19(13-6-2-1-3-7-13)31-33-20(28-22)15-8-4-5-9-17(15)23(25,26)27/h4,8,10-13H,1-3,5-7,9H2,(H2,28,29,30,32,33). The van der Waals surface area contributed by atoms with Crippen molar-refractivity contribution in [3.8, 4) is 0 Å². The van der Waals surface area contributed by atoms with Crippen LogP contribution in [0.4, 0.5) is 29.2 Å². The predicted octanol–water partition coefficient (Wildman–Crippen LogP) is 6.34. The van der Waals surface area contributed by atoms with Crippen LogP contribution in [-0.4, -0.2) is 31.6 Å². The van der Waals surface area contributed by atoms with E-state index in [2.05, 4.69) is 30.7 Å². The van der Waals surface area contributed by atoms with Gasteiger partial charge in [-0.3, -0.25) is 5.10 Å². The second kappa shape index (κ2) is 8.57. The number of aromatic nitrogens is 5. The Morgan fingerprint density at radius 1 is 1.03 bits per heavy atom. The molecule has 10 heteroatoms. The molecule has 172 valence electrons. The van der Waals surface area contributed by atoms with Gasteiger partial charge in [-0.15, -0.1) is 10.2 Å². The van der Waals surface area contributed by atoms with Crippen molar-refractivity contribution in [3.63, 3.8) is 0 Å². The highest BCUT2D eigenvalue weighted by Gasteiger charge is 2.37. The maximum atomic E-state index is 13.8. The highest BCUT2D eigenvalue weighted by molar-refractivity contribution is 5.91. The summed E-state index contributed by atoms with van der Waals surface area (Å²) in [6, 6.07) is 4.23. The van der Waals surface area contributed by atoms with Crippen molar-refractivity contribution < 1.29 is 17.6 Å². The number of rotatable bonds is 4. The van der Waals surface area contributed by atoms with Crippen molar-refractivity contribution in [2.24, 2.45) is 0 Å². The summed E-state index contributed by atoms with van der Waals surface area (Å²) in [5.74, 6) is 0.213. The van der Waals surface area contributed by atoms with Gasteiger partial charge in [-0.1, -0.05) is 31.4 Å². The SMILES string of the molecule is Fc1ccc2[nH]nc(Nc3nc(C4=C(C(F)(F)F)CCC=C4)nnc3C3CCCCC3)c2c1. The molecule has 0 radical (unpaired) electrons. The van der Waals surface area contributed by atoms with Gasteiger partial charge in [0, 0.05) is 22.5 Å². The number of nitrogens with zero attached hydrogens (tertiary/aromatic N) is 4. The van der Waals surface area contributed by atoms with Crippen LogP contribution in [0.3, 0.4) is 0 Å². The largest absolute Gasteiger partial charge is 0.413 e. The predicted molar refractivity (Wildman–Crippen MR) is 116 cm³/mol. The molecule has 2 heterocycles. The first-order chi connectivity index (χ1) is 15.9. The minimum absolute atomic E-state index is 0.0718. The van der Waals surface area contributed by atoms with Crippen molar-refractivity contribution in [1.29, 1.82) is 0 Å². The molecule has 6 nitrogen and oxygen atoms in total. The molecule has 0 bridgehead atoms. The third kappa shape index (κ3) is 4.34. The van der Waals surface area contributed by atoms with Gasteiger partial charge in [-0.2, -0.15) is 18.3 Å². The molecule has 3 aromatic rings. The van der Waals surface area contributed by atoms with Crippen LogP contribution in [-0.2, 0) is 0 Å². The maximum absolute atomic E-state index is 13.8. The van der Waals surface area contributed by atoms with Crippen LogP contribution in [0.5, 0.6) is 0 Å². The molecule has 0 aliphatic heterocycles. The van der Waals surface area contributed by atoms with Crippen molar-refractivity contribution in [2.75, 3.05) is 5.32 Å². The first kappa shape index (κ1) is 21.5. The number of nitrogens with one attached hydrogen (secondary N) is 2. The van der Waals surface area contributed by atoms with Gasteiger partial charge in [0.15, 0.2) is 17.5 Å². The Kier molecular flexibility index (Phi) is 5.59. The number of H-pyrrole nitrogens is 1. The average Bonchev–Trinajstić information content (AvgIpc) is 3.21. The van der Waals surface area contributed by atoms with Crippen LogP contribution in [0.2, 0.25) is 0 Å². The molecule has 0 amide bonds. The second-order valence-electron chi connectivity index (χ2n) is 8.42. The molecule has 2 N–H and O–H groups in total. The summed E-state index contributed by atoms with van der Waals surface area (Å²) in [6.07, 6.45) is 3.80. The Hall–Kier alpha value is -3.30. The van der Waals surface area contributed by atoms with Crippen molar-refractivity contribution in [2.45, 2.75) is 57.0 Å². The number of allylic oxidation sites excluding steroid dienone is 4. The molecule has 1 saturated carbocycles. The van der Waals surface area contributed by atoms with E-state index in [-0.39, 0.29) is 23.7 Å². The van der Waals surface area contributed by atoms with E-state index in [4.69, 9.17) is 0 Å². The van der Waals surface area contributed by atoms with E-state index in [1.54, 1.807) is 12.1 Å². The molecule has 33 heavy (non-hydrogen) atoms. The first-order valence-corrected chi connectivity index (χ1v) is 11.0. The molecule has 5 rings (SSSR count). The smallest absolute Gasteiger partial charge is 0.321 e. The molecule has 0 saturated heterocycles. The van der Waals surface area contributed by atoms with E-state index in [0.29, 0.717) is 34.7 Å². The van der Waals surface area contributed by atoms with Gasteiger partial charge >= 0.3 is 6.18 Å². The summed E-state index contributed by atoms with van der Waals surface area (Å²) in [4.78, 5) is 4.50. The Morgan fingerprint density at radius 3 is 2.64 bits per heavy atom. The minimum Gasteiger partial charge on any atom is -0.321 e. The molecular formula is C23H22F4N6. The van der Waals surface area contributed by atoms with Crippen molar-refractivity contribution >= 4 is 28.1 Å². The van der Waals surface area contributed by atoms with Crippen LogP contribution >= 0.6 is 0 Å². The number of alkyl halides is 3. The lowest BCUT2D eigenvalue weighted by molar-refractivity contribution is -0.0933. The zero-order chi connectivity index (χ0) is 23.0. The zero-order valence-corrected chi connectivity index (χ0v) is 17.7. The third-order valence-corrected chi connectivity index (χ3v) is 6.22. The molecule has 1 fully saturated rings. The highest BCUT2D eigenvalue weighted by atomic mass is 19.4.